The number of hydrogen-bond acceptors (Lipinski definition) is 5. The van der Waals surface area contributed by atoms with Gasteiger partial charge in [-0.15, -0.1) is 24.8 Å². The Labute approximate surface area is 212 Å². The van der Waals surface area contributed by atoms with E-state index in [-0.39, 0.29) is 43.5 Å². The predicted molar refractivity (Wildman–Crippen MR) is 127 cm³/mol. The lowest BCUT2D eigenvalue weighted by molar-refractivity contribution is -0.274. The van der Waals surface area contributed by atoms with Gasteiger partial charge in [0.1, 0.15) is 5.75 Å². The van der Waals surface area contributed by atoms with Crippen LogP contribution in [0.2, 0.25) is 0 Å². The van der Waals surface area contributed by atoms with Crippen LogP contribution in [0.25, 0.3) is 5.70 Å². The number of nitrogens with one attached hydrogen (secondary N) is 2. The van der Waals surface area contributed by atoms with Crippen molar-refractivity contribution in [1.29, 1.82) is 5.41 Å². The molecule has 8 nitrogen and oxygen atoms in total. The molecule has 35 heavy (non-hydrogen) atoms. The summed E-state index contributed by atoms with van der Waals surface area (Å²) >= 11 is 8.85. The topological polar surface area (TPSA) is 100 Å². The zero-order valence-corrected chi connectivity index (χ0v) is 20.5. The lowest BCUT2D eigenvalue weighted by atomic mass is 10.1. The highest BCUT2D eigenvalue weighted by Gasteiger charge is 2.31. The lowest BCUT2D eigenvalue weighted by Gasteiger charge is -2.26. The third kappa shape index (κ3) is 7.43. The Balaban J connectivity index is 1.99. The number of halogens is 5. The smallest absolute Gasteiger partial charge is 0.406 e. The van der Waals surface area contributed by atoms with Gasteiger partial charge in [0.25, 0.3) is 5.91 Å². The molecule has 0 bridgehead atoms. The monoisotopic (exact) mass is 573 g/mol. The fourth-order valence-electron chi connectivity index (χ4n) is 3.32. The average molecular weight is 575 g/mol. The van der Waals surface area contributed by atoms with Crippen molar-refractivity contribution in [3.8, 4) is 5.75 Å². The van der Waals surface area contributed by atoms with Crippen molar-refractivity contribution in [2.75, 3.05) is 19.1 Å². The zero-order valence-electron chi connectivity index (χ0n) is 18.1. The van der Waals surface area contributed by atoms with Crippen molar-refractivity contribution in [2.45, 2.75) is 19.2 Å². The van der Waals surface area contributed by atoms with Crippen LogP contribution in [0.15, 0.2) is 47.0 Å². The van der Waals surface area contributed by atoms with Gasteiger partial charge in [0, 0.05) is 41.6 Å². The minimum absolute atomic E-state index is 0.0371. The van der Waals surface area contributed by atoms with Crippen molar-refractivity contribution in [3.63, 3.8) is 0 Å². The molecule has 0 atom stereocenters. The molecule has 1 aliphatic rings. The first-order valence-corrected chi connectivity index (χ1v) is 11.6. The van der Waals surface area contributed by atoms with Crippen LogP contribution >= 0.6 is 27.5 Å². The van der Waals surface area contributed by atoms with E-state index in [2.05, 4.69) is 31.1 Å². The van der Waals surface area contributed by atoms with Gasteiger partial charge in [0.15, 0.2) is 5.69 Å². The Hall–Kier alpha value is -3.12. The van der Waals surface area contributed by atoms with E-state index < -0.39 is 18.0 Å². The second-order valence-corrected chi connectivity index (χ2v) is 8.57. The van der Waals surface area contributed by atoms with Crippen LogP contribution in [0, 0.1) is 5.41 Å². The first kappa shape index (κ1) is 26.5. The highest BCUT2D eigenvalue weighted by atomic mass is 79.9. The Morgan fingerprint density at radius 1 is 1.31 bits per heavy atom. The van der Waals surface area contributed by atoms with Crippen LogP contribution < -0.4 is 10.1 Å². The van der Waals surface area contributed by atoms with Crippen LogP contribution in [-0.2, 0) is 11.2 Å². The van der Waals surface area contributed by atoms with Gasteiger partial charge < -0.3 is 20.4 Å². The molecule has 0 radical (unpaired) electrons. The van der Waals surface area contributed by atoms with Crippen molar-refractivity contribution in [2.24, 2.45) is 0 Å². The third-order valence-electron chi connectivity index (χ3n) is 4.80. The van der Waals surface area contributed by atoms with Gasteiger partial charge in [-0.2, -0.15) is 5.10 Å². The summed E-state index contributed by atoms with van der Waals surface area (Å²) in [7, 11) is 0. The molecule has 0 aliphatic carbocycles. The van der Waals surface area contributed by atoms with Crippen LogP contribution in [0.5, 0.6) is 5.75 Å². The maximum atomic E-state index is 13.0. The Morgan fingerprint density at radius 3 is 2.71 bits per heavy atom. The predicted octanol–water partition coefficient (Wildman–Crippen LogP) is 4.34. The number of carbonyl (C=O) groups excluding carboxylic acids is 2. The molecule has 3 rings (SSSR count). The summed E-state index contributed by atoms with van der Waals surface area (Å²) in [6.45, 7) is 0.262. The summed E-state index contributed by atoms with van der Waals surface area (Å²) in [4.78, 5) is 25.8. The number of aromatic nitrogens is 2. The van der Waals surface area contributed by atoms with Gasteiger partial charge in [-0.25, -0.2) is 4.68 Å². The lowest BCUT2D eigenvalue weighted by Crippen LogP contribution is -2.47. The van der Waals surface area contributed by atoms with E-state index >= 15 is 0 Å². The molecule has 2 N–H and O–H groups in total. The highest BCUT2D eigenvalue weighted by molar-refractivity contribution is 9.10. The summed E-state index contributed by atoms with van der Waals surface area (Å²) < 4.78 is 43.9. The number of rotatable bonds is 8. The molecule has 186 valence electrons. The second-order valence-electron chi connectivity index (χ2n) is 7.35. The Kier molecular flexibility index (Phi) is 8.73. The first-order chi connectivity index (χ1) is 16.6. The van der Waals surface area contributed by atoms with Crippen LogP contribution in [0.3, 0.4) is 0 Å². The van der Waals surface area contributed by atoms with Gasteiger partial charge in [-0.3, -0.25) is 9.59 Å². The summed E-state index contributed by atoms with van der Waals surface area (Å²) in [5, 5.41) is 14.7. The van der Waals surface area contributed by atoms with Crippen molar-refractivity contribution in [3.05, 3.63) is 63.9 Å². The van der Waals surface area contributed by atoms with Gasteiger partial charge in [0.05, 0.1) is 12.4 Å². The maximum absolute atomic E-state index is 13.0. The van der Waals surface area contributed by atoms with E-state index in [4.69, 9.17) is 17.0 Å². The summed E-state index contributed by atoms with van der Waals surface area (Å²) in [6.07, 6.45) is 1.25. The Bertz CT molecular complexity index is 1170. The van der Waals surface area contributed by atoms with Gasteiger partial charge >= 0.3 is 6.36 Å². The van der Waals surface area contributed by atoms with Gasteiger partial charge in [-0.1, -0.05) is 28.1 Å². The van der Waals surface area contributed by atoms with E-state index in [1.165, 1.54) is 27.8 Å². The SMILES string of the molecule is N=C/C(=C\C=CCCl)n1nc(C(=O)N2CCC(=O)NC2)cc1Cc1cc(Br)cc(OC(F)(F)F)c1. The minimum Gasteiger partial charge on any atom is -0.406 e. The molecule has 2 aromatic rings. The number of alkyl halides is 4. The van der Waals surface area contributed by atoms with Crippen molar-refractivity contribution >= 4 is 51.3 Å². The normalized spacial score (nSPS) is 14.8. The molecule has 1 aliphatic heterocycles. The van der Waals surface area contributed by atoms with Crippen molar-refractivity contribution in [1.82, 2.24) is 20.0 Å². The number of amides is 2. The van der Waals surface area contributed by atoms with Crippen LogP contribution in [0.1, 0.15) is 28.2 Å². The number of allylic oxidation sites excluding steroid dienone is 4. The van der Waals surface area contributed by atoms with E-state index in [0.717, 1.165) is 6.21 Å². The second kappa shape index (κ2) is 11.5. The molecule has 1 fully saturated rings. The molecule has 0 unspecified atom stereocenters. The molecule has 0 saturated carbocycles. The fraction of sp³-hybridized carbons (Fsp3) is 0.273. The average Bonchev–Trinajstić information content (AvgIpc) is 3.18. The van der Waals surface area contributed by atoms with E-state index in [9.17, 15) is 22.8 Å². The molecule has 2 amide bonds. The molecule has 1 aromatic heterocycles. The van der Waals surface area contributed by atoms with Crippen LogP contribution in [-0.4, -0.2) is 58.2 Å². The molecular formula is C22H20BrClF3N5O3. The van der Waals surface area contributed by atoms with Crippen LogP contribution in [0.4, 0.5) is 13.2 Å². The number of hydrogen-bond donors (Lipinski definition) is 2. The molecule has 2 heterocycles. The zero-order chi connectivity index (χ0) is 25.6. The highest BCUT2D eigenvalue weighted by Crippen LogP contribution is 2.29. The molecule has 1 saturated heterocycles. The molecular weight excluding hydrogens is 555 g/mol. The van der Waals surface area contributed by atoms with E-state index in [0.29, 0.717) is 21.4 Å². The summed E-state index contributed by atoms with van der Waals surface area (Å²) in [5.74, 6) is -0.743. The quantitative estimate of drug-likeness (QED) is 0.278. The first-order valence-electron chi connectivity index (χ1n) is 10.2. The largest absolute Gasteiger partial charge is 0.573 e. The van der Waals surface area contributed by atoms with E-state index in [1.54, 1.807) is 24.3 Å². The fourth-order valence-corrected chi connectivity index (χ4v) is 3.94. The Morgan fingerprint density at radius 2 is 2.09 bits per heavy atom. The van der Waals surface area contributed by atoms with Gasteiger partial charge in [0.2, 0.25) is 5.91 Å². The molecule has 13 heteroatoms. The van der Waals surface area contributed by atoms with Gasteiger partial charge in [-0.05, 0) is 35.9 Å². The number of benzene rings is 1. The number of carbonyl (C=O) groups is 2. The summed E-state index contributed by atoms with van der Waals surface area (Å²) in [6, 6.07) is 5.54. The van der Waals surface area contributed by atoms with E-state index in [1.807, 2.05) is 0 Å². The number of ether oxygens (including phenoxy) is 1. The molecule has 0 spiro atoms. The minimum atomic E-state index is -4.85. The summed E-state index contributed by atoms with van der Waals surface area (Å²) in [5.41, 5.74) is 1.25. The standard InChI is InChI=1S/C22H20BrClF3N5O3/c23-15-7-14(9-18(10-15)35-22(25,26)27)8-17-11-19(21(34)31-6-4-20(33)29-13-31)30-32(17)16(12-28)3-1-2-5-24/h1-3,7,9-12,28H,4-6,8,13H2,(H,29,33)/b2-1?,16-3+,28-12?. The third-order valence-corrected chi connectivity index (χ3v) is 5.44. The maximum Gasteiger partial charge on any atom is 0.573 e. The molecule has 1 aromatic carbocycles. The number of nitrogens with zero attached hydrogens (tertiary/aromatic N) is 3. The van der Waals surface area contributed by atoms with Crippen molar-refractivity contribution < 1.29 is 27.5 Å².